The number of nitrogens with one attached hydrogen (secondary N) is 1. The maximum atomic E-state index is 14.1. The Bertz CT molecular complexity index is 1280. The number of hydrogen-bond donors (Lipinski definition) is 4. The van der Waals surface area contributed by atoms with Gasteiger partial charge < -0.3 is 36.1 Å². The van der Waals surface area contributed by atoms with Gasteiger partial charge in [0.2, 0.25) is 5.91 Å². The number of rotatable bonds is 11. The van der Waals surface area contributed by atoms with Gasteiger partial charge >= 0.3 is 0 Å². The molecule has 0 spiro atoms. The third-order valence-electron chi connectivity index (χ3n) is 5.34. The smallest absolute Gasteiger partial charge is 0.273 e. The Kier molecular flexibility index (Phi) is 8.87. The number of nitrogen functional groups attached to an aromatic ring is 1. The van der Waals surface area contributed by atoms with Crippen LogP contribution in [0.25, 0.3) is 0 Å². The Balaban J connectivity index is 2.25. The Morgan fingerprint density at radius 1 is 1.11 bits per heavy atom. The lowest BCUT2D eigenvalue weighted by Crippen LogP contribution is -2.45. The van der Waals surface area contributed by atoms with E-state index in [1.807, 2.05) is 0 Å². The lowest BCUT2D eigenvalue weighted by Gasteiger charge is -2.32. The molecule has 0 fully saturated rings. The van der Waals surface area contributed by atoms with E-state index < -0.39 is 23.8 Å². The molecule has 0 aliphatic rings. The Morgan fingerprint density at radius 3 is 2.38 bits per heavy atom. The molecule has 1 atom stereocenters. The molecule has 3 amide bonds. The average Bonchev–Trinajstić information content (AvgIpc) is 3.28. The normalized spacial score (nSPS) is 11.4. The van der Waals surface area contributed by atoms with Crippen molar-refractivity contribution in [1.82, 2.24) is 9.69 Å². The van der Waals surface area contributed by atoms with E-state index >= 15 is 0 Å². The molecule has 2 aromatic carbocycles. The van der Waals surface area contributed by atoms with Crippen LogP contribution in [-0.2, 0) is 9.53 Å². The Hall–Kier alpha value is -4.36. The number of phenols is 1. The minimum atomic E-state index is -1.26. The monoisotopic (exact) mass is 529 g/mol. The lowest BCUT2D eigenvalue weighted by molar-refractivity contribution is -0.122. The number of anilines is 2. The summed E-state index contributed by atoms with van der Waals surface area (Å²) in [6.45, 7) is 0.401. The van der Waals surface area contributed by atoms with Crippen molar-refractivity contribution < 1.29 is 33.7 Å². The lowest BCUT2D eigenvalue weighted by atomic mass is 10.0. The number of nitrogens with zero attached hydrogens (tertiary/aromatic N) is 2. The number of carbonyl (C=O) groups excluding carboxylic acids is 3. The first-order chi connectivity index (χ1) is 17.7. The maximum Gasteiger partial charge on any atom is 0.273 e. The van der Waals surface area contributed by atoms with E-state index in [2.05, 4.69) is 9.69 Å². The van der Waals surface area contributed by atoms with Crippen molar-refractivity contribution in [2.24, 2.45) is 5.73 Å². The van der Waals surface area contributed by atoms with Crippen molar-refractivity contribution in [1.29, 1.82) is 0 Å². The van der Waals surface area contributed by atoms with E-state index in [4.69, 9.17) is 25.7 Å². The van der Waals surface area contributed by atoms with Gasteiger partial charge in [-0.05, 0) is 41.4 Å². The highest BCUT2D eigenvalue weighted by Crippen LogP contribution is 2.40. The Morgan fingerprint density at radius 2 is 1.81 bits per heavy atom. The fourth-order valence-electron chi connectivity index (χ4n) is 3.54. The molecule has 1 aromatic heterocycles. The van der Waals surface area contributed by atoms with Gasteiger partial charge in [-0.15, -0.1) is 0 Å². The number of phenolic OH excluding ortho intramolecular Hbond substituents is 1. The molecule has 3 rings (SSSR count). The summed E-state index contributed by atoms with van der Waals surface area (Å²) in [7, 11) is 4.37. The molecule has 0 aliphatic carbocycles. The van der Waals surface area contributed by atoms with Crippen LogP contribution in [-0.4, -0.2) is 61.7 Å². The predicted molar refractivity (Wildman–Crippen MR) is 137 cm³/mol. The molecule has 0 aliphatic heterocycles. The van der Waals surface area contributed by atoms with Gasteiger partial charge in [0.15, 0.2) is 5.69 Å². The van der Waals surface area contributed by atoms with Gasteiger partial charge in [0, 0.05) is 19.7 Å². The molecule has 1 heterocycles. The van der Waals surface area contributed by atoms with Gasteiger partial charge in [0.1, 0.15) is 28.2 Å². The minimum absolute atomic E-state index is 0.0278. The summed E-state index contributed by atoms with van der Waals surface area (Å²) in [6.07, 6.45) is 0. The van der Waals surface area contributed by atoms with Crippen LogP contribution < -0.4 is 31.2 Å². The van der Waals surface area contributed by atoms with Crippen LogP contribution in [0.4, 0.5) is 11.4 Å². The van der Waals surface area contributed by atoms with Crippen LogP contribution in [0.15, 0.2) is 42.5 Å². The fourth-order valence-corrected chi connectivity index (χ4v) is 4.28. The molecular weight excluding hydrogens is 502 g/mol. The first-order valence-electron chi connectivity index (χ1n) is 10.9. The molecule has 3 aromatic rings. The van der Waals surface area contributed by atoms with E-state index in [0.29, 0.717) is 22.8 Å². The van der Waals surface area contributed by atoms with Gasteiger partial charge in [0.25, 0.3) is 11.8 Å². The first kappa shape index (κ1) is 27.2. The molecule has 12 nitrogen and oxygen atoms in total. The summed E-state index contributed by atoms with van der Waals surface area (Å²) in [5.41, 5.74) is 11.5. The molecular formula is C24H27N5O7S. The highest BCUT2D eigenvalue weighted by Gasteiger charge is 2.37. The molecule has 0 bridgehead atoms. The van der Waals surface area contributed by atoms with Crippen LogP contribution in [0.5, 0.6) is 17.2 Å². The second-order valence-electron chi connectivity index (χ2n) is 7.63. The summed E-state index contributed by atoms with van der Waals surface area (Å²) >= 11 is 0.681. The number of aromatic hydroxyl groups is 1. The molecule has 37 heavy (non-hydrogen) atoms. The molecule has 0 saturated heterocycles. The van der Waals surface area contributed by atoms with Crippen LogP contribution in [0, 0.1) is 0 Å². The highest BCUT2D eigenvalue weighted by atomic mass is 32.1. The zero-order valence-electron chi connectivity index (χ0n) is 20.4. The molecule has 6 N–H and O–H groups in total. The summed E-state index contributed by atoms with van der Waals surface area (Å²) in [5, 5.41) is 12.6. The largest absolute Gasteiger partial charge is 0.508 e. The standard InChI is InChI=1S/C24H27N5O7S/c1-34-11-10-27-23(32)20(13-4-6-14(30)7-5-13)29(16-9-8-15(35-2)12-17(16)36-3)24(33)21-18(25)19(22(26)31)28-37-21/h4-9,12,20,30H,10-11,25H2,1-3H3,(H2,26,31)(H,27,32)/t20-/m0/s1. The van der Waals surface area contributed by atoms with Crippen molar-refractivity contribution >= 4 is 40.6 Å². The third kappa shape index (κ3) is 5.90. The fraction of sp³-hybridized carbons (Fsp3) is 0.250. The number of amides is 3. The van der Waals surface area contributed by atoms with Crippen LogP contribution in [0.1, 0.15) is 31.8 Å². The first-order valence-corrected chi connectivity index (χ1v) is 11.7. The van der Waals surface area contributed by atoms with Gasteiger partial charge in [-0.1, -0.05) is 12.1 Å². The van der Waals surface area contributed by atoms with E-state index in [1.54, 1.807) is 18.2 Å². The van der Waals surface area contributed by atoms with Crippen molar-refractivity contribution in [3.8, 4) is 17.2 Å². The van der Waals surface area contributed by atoms with Crippen LogP contribution >= 0.6 is 11.5 Å². The zero-order chi connectivity index (χ0) is 27.1. The van der Waals surface area contributed by atoms with Gasteiger partial charge in [0.05, 0.1) is 32.2 Å². The summed E-state index contributed by atoms with van der Waals surface area (Å²) in [4.78, 5) is 40.5. The average molecular weight is 530 g/mol. The summed E-state index contributed by atoms with van der Waals surface area (Å²) in [5.74, 6) is -1.53. The Labute approximate surface area is 216 Å². The molecule has 0 radical (unpaired) electrons. The predicted octanol–water partition coefficient (Wildman–Crippen LogP) is 1.70. The topological polar surface area (TPSA) is 179 Å². The molecule has 0 saturated carbocycles. The quantitative estimate of drug-likeness (QED) is 0.269. The second kappa shape index (κ2) is 12.1. The molecule has 13 heteroatoms. The number of nitrogens with two attached hydrogens (primary N) is 2. The number of benzene rings is 2. The molecule has 0 unspecified atom stereocenters. The number of hydrogen-bond acceptors (Lipinski definition) is 10. The van der Waals surface area contributed by atoms with Crippen molar-refractivity contribution in [3.63, 3.8) is 0 Å². The van der Waals surface area contributed by atoms with Crippen molar-refractivity contribution in [3.05, 3.63) is 58.6 Å². The maximum absolute atomic E-state index is 14.1. The third-order valence-corrected chi connectivity index (χ3v) is 6.19. The SMILES string of the molecule is COCCNC(=O)[C@H](c1ccc(O)cc1)N(C(=O)c1snc(C(N)=O)c1N)c1ccc(OC)cc1OC. The van der Waals surface area contributed by atoms with Gasteiger partial charge in [-0.2, -0.15) is 4.37 Å². The van der Waals surface area contributed by atoms with E-state index in [1.165, 1.54) is 50.5 Å². The number of ether oxygens (including phenoxy) is 3. The van der Waals surface area contributed by atoms with Crippen LogP contribution in [0.3, 0.4) is 0 Å². The molecule has 196 valence electrons. The van der Waals surface area contributed by atoms with Crippen molar-refractivity contribution in [2.75, 3.05) is 45.1 Å². The number of primary amides is 1. The minimum Gasteiger partial charge on any atom is -0.508 e. The van der Waals surface area contributed by atoms with Gasteiger partial charge in [-0.3, -0.25) is 19.3 Å². The van der Waals surface area contributed by atoms with Crippen LogP contribution in [0.2, 0.25) is 0 Å². The number of carbonyl (C=O) groups is 3. The van der Waals surface area contributed by atoms with E-state index in [9.17, 15) is 19.5 Å². The second-order valence-corrected chi connectivity index (χ2v) is 8.40. The van der Waals surface area contributed by atoms with E-state index in [0.717, 1.165) is 0 Å². The summed E-state index contributed by atoms with van der Waals surface area (Å²) in [6, 6.07) is 9.25. The summed E-state index contributed by atoms with van der Waals surface area (Å²) < 4.78 is 19.8. The number of aromatic nitrogens is 1. The number of methoxy groups -OCH3 is 3. The van der Waals surface area contributed by atoms with Gasteiger partial charge in [-0.25, -0.2) is 0 Å². The van der Waals surface area contributed by atoms with E-state index in [-0.39, 0.29) is 46.6 Å². The zero-order valence-corrected chi connectivity index (χ0v) is 21.2. The van der Waals surface area contributed by atoms with Crippen molar-refractivity contribution in [2.45, 2.75) is 6.04 Å². The highest BCUT2D eigenvalue weighted by molar-refractivity contribution is 7.09.